The summed E-state index contributed by atoms with van der Waals surface area (Å²) >= 11 is 0. The Morgan fingerprint density at radius 1 is 1.56 bits per heavy atom. The first-order valence-corrected chi connectivity index (χ1v) is 5.42. The van der Waals surface area contributed by atoms with Gasteiger partial charge in [0.1, 0.15) is 12.4 Å². The smallest absolute Gasteiger partial charge is 0.137 e. The molecule has 0 radical (unpaired) electrons. The van der Waals surface area contributed by atoms with Crippen molar-refractivity contribution in [2.24, 2.45) is 5.92 Å². The van der Waals surface area contributed by atoms with Crippen LogP contribution in [0.5, 0.6) is 5.75 Å². The molecule has 0 amide bonds. The van der Waals surface area contributed by atoms with Crippen LogP contribution in [0.4, 0.5) is 0 Å². The second-order valence-corrected chi connectivity index (χ2v) is 4.15. The van der Waals surface area contributed by atoms with Crippen LogP contribution in [0.1, 0.15) is 6.42 Å². The van der Waals surface area contributed by atoms with Crippen LogP contribution < -0.4 is 4.74 Å². The van der Waals surface area contributed by atoms with Crippen molar-refractivity contribution in [3.05, 3.63) is 24.5 Å². The molecule has 0 aromatic carbocycles. The minimum atomic E-state index is 0. The molecule has 1 aliphatic heterocycles. The minimum absolute atomic E-state index is 0. The van der Waals surface area contributed by atoms with E-state index in [4.69, 9.17) is 10.00 Å². The van der Waals surface area contributed by atoms with Crippen LogP contribution in [0, 0.1) is 17.2 Å². The van der Waals surface area contributed by atoms with Crippen LogP contribution in [0.15, 0.2) is 24.5 Å². The molecule has 1 fully saturated rings. The van der Waals surface area contributed by atoms with Gasteiger partial charge in [-0.25, -0.2) is 0 Å². The summed E-state index contributed by atoms with van der Waals surface area (Å²) < 4.78 is 5.64. The molecule has 100 valence electrons. The van der Waals surface area contributed by atoms with Crippen LogP contribution in [0.25, 0.3) is 0 Å². The number of hydrogen-bond acceptors (Lipinski definition) is 4. The minimum Gasteiger partial charge on any atom is -0.490 e. The van der Waals surface area contributed by atoms with E-state index in [1.165, 1.54) is 0 Å². The molecular weight excluding hydrogens is 273 g/mol. The number of rotatable bonds is 3. The third kappa shape index (κ3) is 4.34. The third-order valence-corrected chi connectivity index (χ3v) is 2.95. The number of likely N-dealkylation sites (tertiary alicyclic amines) is 1. The van der Waals surface area contributed by atoms with Gasteiger partial charge in [0.15, 0.2) is 0 Å². The number of aromatic nitrogens is 1. The molecule has 0 spiro atoms. The van der Waals surface area contributed by atoms with E-state index in [0.717, 1.165) is 18.7 Å². The molecule has 4 nitrogen and oxygen atoms in total. The SMILES string of the molecule is CN1C[C@@H](C#N)C[C@H]1COc1cccnc1.Cl.Cl. The van der Waals surface area contributed by atoms with Gasteiger partial charge in [0.2, 0.25) is 0 Å². The second-order valence-electron chi connectivity index (χ2n) is 4.15. The lowest BCUT2D eigenvalue weighted by Crippen LogP contribution is -2.30. The summed E-state index contributed by atoms with van der Waals surface area (Å²) in [6.45, 7) is 1.47. The van der Waals surface area contributed by atoms with Crippen molar-refractivity contribution >= 4 is 24.8 Å². The molecule has 2 atom stereocenters. The molecule has 0 N–H and O–H groups in total. The van der Waals surface area contributed by atoms with Crippen molar-refractivity contribution < 1.29 is 4.74 Å². The summed E-state index contributed by atoms with van der Waals surface area (Å²) in [4.78, 5) is 6.17. The first-order valence-electron chi connectivity index (χ1n) is 5.42. The maximum Gasteiger partial charge on any atom is 0.137 e. The molecule has 0 unspecified atom stereocenters. The summed E-state index contributed by atoms with van der Waals surface area (Å²) in [5.41, 5.74) is 0. The second kappa shape index (κ2) is 8.15. The number of ether oxygens (including phenoxy) is 1. The van der Waals surface area contributed by atoms with Crippen LogP contribution in [0.2, 0.25) is 0 Å². The zero-order chi connectivity index (χ0) is 11.4. The number of nitriles is 1. The molecule has 2 rings (SSSR count). The van der Waals surface area contributed by atoms with Gasteiger partial charge < -0.3 is 4.74 Å². The van der Waals surface area contributed by atoms with Gasteiger partial charge >= 0.3 is 0 Å². The molecular formula is C12H17Cl2N3O. The summed E-state index contributed by atoms with van der Waals surface area (Å²) in [7, 11) is 2.04. The predicted octanol–water partition coefficient (Wildman–Crippen LogP) is 2.15. The van der Waals surface area contributed by atoms with E-state index in [1.54, 1.807) is 12.4 Å². The first kappa shape index (κ1) is 17.0. The fourth-order valence-electron chi connectivity index (χ4n) is 1.99. The van der Waals surface area contributed by atoms with Crippen molar-refractivity contribution in [1.29, 1.82) is 5.26 Å². The van der Waals surface area contributed by atoms with E-state index in [1.807, 2.05) is 19.2 Å². The Bertz CT molecular complexity index is 383. The monoisotopic (exact) mass is 289 g/mol. The van der Waals surface area contributed by atoms with Crippen LogP contribution in [0.3, 0.4) is 0 Å². The maximum atomic E-state index is 8.86. The maximum absolute atomic E-state index is 8.86. The highest BCUT2D eigenvalue weighted by Crippen LogP contribution is 2.21. The first-order chi connectivity index (χ1) is 7.79. The zero-order valence-corrected chi connectivity index (χ0v) is 11.8. The lowest BCUT2D eigenvalue weighted by Gasteiger charge is -2.19. The van der Waals surface area contributed by atoms with Crippen LogP contribution >= 0.6 is 24.8 Å². The Morgan fingerprint density at radius 2 is 2.33 bits per heavy atom. The van der Waals surface area contributed by atoms with Gasteiger partial charge in [-0.3, -0.25) is 9.88 Å². The third-order valence-electron chi connectivity index (χ3n) is 2.95. The van der Waals surface area contributed by atoms with E-state index >= 15 is 0 Å². The Balaban J connectivity index is 0.00000144. The lowest BCUT2D eigenvalue weighted by atomic mass is 10.1. The normalized spacial score (nSPS) is 22.4. The fraction of sp³-hybridized carbons (Fsp3) is 0.500. The largest absolute Gasteiger partial charge is 0.490 e. The fourth-order valence-corrected chi connectivity index (χ4v) is 1.99. The Hall–Kier alpha value is -1.02. The van der Waals surface area contributed by atoms with E-state index in [2.05, 4.69) is 16.0 Å². The molecule has 0 bridgehead atoms. The number of likely N-dealkylation sites (N-methyl/N-ethyl adjacent to an activating group) is 1. The van der Waals surface area contributed by atoms with Crippen molar-refractivity contribution in [1.82, 2.24) is 9.88 Å². The van der Waals surface area contributed by atoms with Crippen molar-refractivity contribution in [2.75, 3.05) is 20.2 Å². The summed E-state index contributed by atoms with van der Waals surface area (Å²) in [5, 5.41) is 8.86. The molecule has 1 aromatic heterocycles. The number of pyridine rings is 1. The molecule has 1 aliphatic rings. The van der Waals surface area contributed by atoms with E-state index in [-0.39, 0.29) is 30.7 Å². The van der Waals surface area contributed by atoms with Gasteiger partial charge in [0, 0.05) is 18.8 Å². The predicted molar refractivity (Wildman–Crippen MR) is 74.4 cm³/mol. The molecule has 18 heavy (non-hydrogen) atoms. The van der Waals surface area contributed by atoms with Crippen LogP contribution in [-0.2, 0) is 0 Å². The quantitative estimate of drug-likeness (QED) is 0.856. The summed E-state index contributed by atoms with van der Waals surface area (Å²) in [6, 6.07) is 6.40. The molecule has 2 heterocycles. The number of nitrogens with zero attached hydrogens (tertiary/aromatic N) is 3. The average Bonchev–Trinajstić information content (AvgIpc) is 2.69. The Morgan fingerprint density at radius 3 is 2.89 bits per heavy atom. The van der Waals surface area contributed by atoms with E-state index in [0.29, 0.717) is 12.6 Å². The molecule has 1 aromatic rings. The van der Waals surface area contributed by atoms with Crippen molar-refractivity contribution in [3.8, 4) is 11.8 Å². The van der Waals surface area contributed by atoms with Crippen LogP contribution in [-0.4, -0.2) is 36.1 Å². The molecule has 0 aliphatic carbocycles. The van der Waals surface area contributed by atoms with Gasteiger partial charge in [0.25, 0.3) is 0 Å². The van der Waals surface area contributed by atoms with Gasteiger partial charge in [-0.1, -0.05) is 0 Å². The summed E-state index contributed by atoms with van der Waals surface area (Å²) in [5.74, 6) is 0.934. The van der Waals surface area contributed by atoms with Gasteiger partial charge in [-0.2, -0.15) is 5.26 Å². The van der Waals surface area contributed by atoms with Gasteiger partial charge in [-0.15, -0.1) is 24.8 Å². The highest BCUT2D eigenvalue weighted by molar-refractivity contribution is 5.85. The zero-order valence-electron chi connectivity index (χ0n) is 10.2. The topological polar surface area (TPSA) is 49.2 Å². The van der Waals surface area contributed by atoms with Crippen molar-refractivity contribution in [3.63, 3.8) is 0 Å². The standard InChI is InChI=1S/C12H15N3O.2ClH/c1-15-8-10(6-13)5-11(15)9-16-12-3-2-4-14-7-12;;/h2-4,7,10-11H,5,8-9H2,1H3;2*1H/t10-,11+;;/m1../s1. The Kier molecular flexibility index (Phi) is 7.69. The van der Waals surface area contributed by atoms with Gasteiger partial charge in [0.05, 0.1) is 18.2 Å². The summed E-state index contributed by atoms with van der Waals surface area (Å²) in [6.07, 6.45) is 4.32. The van der Waals surface area contributed by atoms with E-state index in [9.17, 15) is 0 Å². The average molecular weight is 290 g/mol. The van der Waals surface area contributed by atoms with Gasteiger partial charge in [-0.05, 0) is 25.6 Å². The number of halogens is 2. The molecule has 1 saturated heterocycles. The highest BCUT2D eigenvalue weighted by atomic mass is 35.5. The highest BCUT2D eigenvalue weighted by Gasteiger charge is 2.29. The van der Waals surface area contributed by atoms with E-state index < -0.39 is 0 Å². The molecule has 0 saturated carbocycles. The number of hydrogen-bond donors (Lipinski definition) is 0. The molecule has 6 heteroatoms. The van der Waals surface area contributed by atoms with Crippen molar-refractivity contribution in [2.45, 2.75) is 12.5 Å². The Labute approximate surface area is 120 Å². The lowest BCUT2D eigenvalue weighted by molar-refractivity contribution is 0.198.